The molecule has 0 fully saturated rings. The minimum atomic E-state index is -4.19. The second-order valence-electron chi connectivity index (χ2n) is 3.26. The molecule has 0 spiro atoms. The van der Waals surface area contributed by atoms with Crippen molar-refractivity contribution in [3.8, 4) is 0 Å². The van der Waals surface area contributed by atoms with Crippen LogP contribution in [-0.4, -0.2) is 32.9 Å². The second kappa shape index (κ2) is 4.47. The molecule has 2 rings (SSSR count). The Kier molecular flexibility index (Phi) is 3.18. The second-order valence-corrected chi connectivity index (χ2v) is 4.05. The molecular weight excluding hydrogens is 303 g/mol. The van der Waals surface area contributed by atoms with E-state index in [1.807, 2.05) is 0 Å². The molecule has 9 heteroatoms. The van der Waals surface area contributed by atoms with E-state index in [0.717, 1.165) is 0 Å². The van der Waals surface area contributed by atoms with Crippen LogP contribution in [0, 0.1) is 0 Å². The Bertz CT molecular complexity index is 523. The largest absolute Gasteiger partial charge is 0.390 e. The molecule has 17 heavy (non-hydrogen) atoms. The van der Waals surface area contributed by atoms with Crippen molar-refractivity contribution in [2.24, 2.45) is 0 Å². The van der Waals surface area contributed by atoms with E-state index in [0.29, 0.717) is 15.6 Å². The molecule has 0 aliphatic carbocycles. The van der Waals surface area contributed by atoms with Crippen LogP contribution in [0.15, 0.2) is 10.8 Å². The molecule has 0 saturated carbocycles. The summed E-state index contributed by atoms with van der Waals surface area (Å²) in [5.41, 5.74) is 0.390. The normalized spacial score (nSPS) is 12.0. The third-order valence-corrected chi connectivity index (χ3v) is 2.56. The molecule has 2 aromatic rings. The highest BCUT2D eigenvalue weighted by molar-refractivity contribution is 9.10. The molecule has 2 aromatic heterocycles. The topological polar surface area (TPSA) is 66.5 Å². The molecule has 0 unspecified atom stereocenters. The molecule has 0 saturated heterocycles. The van der Waals surface area contributed by atoms with Gasteiger partial charge in [0.15, 0.2) is 5.65 Å². The number of alkyl halides is 3. The number of rotatable bonds is 3. The summed E-state index contributed by atoms with van der Waals surface area (Å²) >= 11 is 3.20. The van der Waals surface area contributed by atoms with Crippen LogP contribution < -0.4 is 5.32 Å². The first kappa shape index (κ1) is 12.1. The summed E-state index contributed by atoms with van der Waals surface area (Å²) in [6.45, 7) is -0.263. The molecule has 5 nitrogen and oxygen atoms in total. The predicted molar refractivity (Wildman–Crippen MR) is 58.5 cm³/mol. The SMILES string of the molecule is FC(F)(F)CCNc1ncc2c(Br)[nH]nc2n1. The molecule has 0 aromatic carbocycles. The molecule has 0 bridgehead atoms. The molecule has 2 N–H and O–H groups in total. The molecule has 0 aliphatic heterocycles. The number of nitrogens with zero attached hydrogens (tertiary/aromatic N) is 3. The number of anilines is 1. The number of H-pyrrole nitrogens is 1. The van der Waals surface area contributed by atoms with Gasteiger partial charge in [0, 0.05) is 12.7 Å². The fourth-order valence-corrected chi connectivity index (χ4v) is 1.54. The highest BCUT2D eigenvalue weighted by Gasteiger charge is 2.26. The highest BCUT2D eigenvalue weighted by atomic mass is 79.9. The molecule has 0 atom stereocenters. The van der Waals surface area contributed by atoms with E-state index in [1.165, 1.54) is 6.20 Å². The van der Waals surface area contributed by atoms with Crippen LogP contribution in [0.3, 0.4) is 0 Å². The van der Waals surface area contributed by atoms with Gasteiger partial charge < -0.3 is 5.32 Å². The van der Waals surface area contributed by atoms with Crippen molar-refractivity contribution < 1.29 is 13.2 Å². The fraction of sp³-hybridized carbons (Fsp3) is 0.375. The van der Waals surface area contributed by atoms with E-state index >= 15 is 0 Å². The minimum absolute atomic E-state index is 0.126. The Balaban J connectivity index is 2.04. The van der Waals surface area contributed by atoms with E-state index in [-0.39, 0.29) is 12.5 Å². The fourth-order valence-electron chi connectivity index (χ4n) is 1.18. The zero-order valence-electron chi connectivity index (χ0n) is 8.35. The van der Waals surface area contributed by atoms with Gasteiger partial charge in [0.25, 0.3) is 0 Å². The highest BCUT2D eigenvalue weighted by Crippen LogP contribution is 2.20. The van der Waals surface area contributed by atoms with Gasteiger partial charge in [0.2, 0.25) is 5.95 Å². The van der Waals surface area contributed by atoms with E-state index in [1.54, 1.807) is 0 Å². The summed E-state index contributed by atoms with van der Waals surface area (Å²) in [6, 6.07) is 0. The quantitative estimate of drug-likeness (QED) is 0.914. The van der Waals surface area contributed by atoms with Gasteiger partial charge in [-0.1, -0.05) is 0 Å². The lowest BCUT2D eigenvalue weighted by Crippen LogP contribution is -2.15. The number of hydrogen-bond donors (Lipinski definition) is 2. The Morgan fingerprint density at radius 1 is 1.41 bits per heavy atom. The Morgan fingerprint density at radius 2 is 2.18 bits per heavy atom. The summed E-state index contributed by atoms with van der Waals surface area (Å²) in [6.07, 6.45) is -3.64. The zero-order chi connectivity index (χ0) is 12.5. The maximum Gasteiger partial charge on any atom is 0.390 e. The van der Waals surface area contributed by atoms with Gasteiger partial charge in [-0.3, -0.25) is 5.10 Å². The Morgan fingerprint density at radius 3 is 2.88 bits per heavy atom. The molecule has 92 valence electrons. The van der Waals surface area contributed by atoms with Gasteiger partial charge in [-0.2, -0.15) is 23.3 Å². The van der Waals surface area contributed by atoms with Crippen molar-refractivity contribution in [3.63, 3.8) is 0 Å². The van der Waals surface area contributed by atoms with Gasteiger partial charge >= 0.3 is 6.18 Å². The molecule has 2 heterocycles. The van der Waals surface area contributed by atoms with Crippen molar-refractivity contribution in [1.29, 1.82) is 0 Å². The third kappa shape index (κ3) is 3.05. The average molecular weight is 310 g/mol. The van der Waals surface area contributed by atoms with Crippen molar-refractivity contribution >= 4 is 32.9 Å². The van der Waals surface area contributed by atoms with E-state index in [2.05, 4.69) is 41.4 Å². The first-order valence-electron chi connectivity index (χ1n) is 4.63. The van der Waals surface area contributed by atoms with Crippen LogP contribution in [0.5, 0.6) is 0 Å². The van der Waals surface area contributed by atoms with Crippen molar-refractivity contribution in [1.82, 2.24) is 20.2 Å². The van der Waals surface area contributed by atoms with Crippen LogP contribution in [0.25, 0.3) is 11.0 Å². The van der Waals surface area contributed by atoms with E-state index in [9.17, 15) is 13.2 Å². The van der Waals surface area contributed by atoms with Gasteiger partial charge in [-0.15, -0.1) is 0 Å². The summed E-state index contributed by atoms with van der Waals surface area (Å²) in [4.78, 5) is 7.83. The maximum atomic E-state index is 11.9. The first-order valence-corrected chi connectivity index (χ1v) is 5.42. The van der Waals surface area contributed by atoms with E-state index in [4.69, 9.17) is 0 Å². The first-order chi connectivity index (χ1) is 7.96. The smallest absolute Gasteiger partial charge is 0.354 e. The van der Waals surface area contributed by atoms with Crippen molar-refractivity contribution in [3.05, 3.63) is 10.8 Å². The molecule has 0 radical (unpaired) electrons. The maximum absolute atomic E-state index is 11.9. The number of halogens is 4. The molecule has 0 amide bonds. The Labute approximate surface area is 102 Å². The number of nitrogens with one attached hydrogen (secondary N) is 2. The molecule has 0 aliphatic rings. The summed E-state index contributed by atoms with van der Waals surface area (Å²) < 4.78 is 36.4. The van der Waals surface area contributed by atoms with E-state index < -0.39 is 12.6 Å². The van der Waals surface area contributed by atoms with Gasteiger partial charge in [-0.05, 0) is 15.9 Å². The van der Waals surface area contributed by atoms with Crippen molar-refractivity contribution in [2.45, 2.75) is 12.6 Å². The summed E-state index contributed by atoms with van der Waals surface area (Å²) in [7, 11) is 0. The Hall–Kier alpha value is -1.38. The predicted octanol–water partition coefficient (Wildman–Crippen LogP) is 2.48. The van der Waals surface area contributed by atoms with Gasteiger partial charge in [0.05, 0.1) is 11.8 Å². The van der Waals surface area contributed by atoms with Crippen LogP contribution in [-0.2, 0) is 0 Å². The number of hydrogen-bond acceptors (Lipinski definition) is 4. The molecular formula is C8H7BrF3N5. The van der Waals surface area contributed by atoms with Crippen LogP contribution in [0.1, 0.15) is 6.42 Å². The number of aromatic nitrogens is 4. The van der Waals surface area contributed by atoms with Crippen LogP contribution in [0.2, 0.25) is 0 Å². The monoisotopic (exact) mass is 309 g/mol. The number of aromatic amines is 1. The van der Waals surface area contributed by atoms with Crippen LogP contribution >= 0.6 is 15.9 Å². The minimum Gasteiger partial charge on any atom is -0.354 e. The standard InChI is InChI=1S/C8H7BrF3N5/c9-5-4-3-14-7(15-6(4)17-16-5)13-2-1-8(10,11)12/h3H,1-2H2,(H2,13,14,15,16,17). The zero-order valence-corrected chi connectivity index (χ0v) is 9.93. The van der Waals surface area contributed by atoms with Gasteiger partial charge in [-0.25, -0.2) is 4.98 Å². The average Bonchev–Trinajstić information content (AvgIpc) is 2.58. The summed E-state index contributed by atoms with van der Waals surface area (Å²) in [5, 5.41) is 9.65. The van der Waals surface area contributed by atoms with Gasteiger partial charge in [0.1, 0.15) is 4.60 Å². The lowest BCUT2D eigenvalue weighted by molar-refractivity contribution is -0.131. The lowest BCUT2D eigenvalue weighted by atomic mass is 10.4. The van der Waals surface area contributed by atoms with Crippen LogP contribution in [0.4, 0.5) is 19.1 Å². The third-order valence-electron chi connectivity index (χ3n) is 1.96. The summed E-state index contributed by atoms with van der Waals surface area (Å²) in [5.74, 6) is 0.126. The lowest BCUT2D eigenvalue weighted by Gasteiger charge is -2.06. The van der Waals surface area contributed by atoms with Crippen molar-refractivity contribution in [2.75, 3.05) is 11.9 Å². The number of fused-ring (bicyclic) bond motifs is 1.